The van der Waals surface area contributed by atoms with Crippen LogP contribution in [0, 0.1) is 0 Å². The topological polar surface area (TPSA) is 91.7 Å². The molecule has 9 nitrogen and oxygen atoms in total. The van der Waals surface area contributed by atoms with Crippen LogP contribution in [0.1, 0.15) is 6.92 Å². The van der Waals surface area contributed by atoms with Gasteiger partial charge in [-0.05, 0) is 31.2 Å². The van der Waals surface area contributed by atoms with Crippen LogP contribution in [0.5, 0.6) is 5.75 Å². The Morgan fingerprint density at radius 2 is 1.97 bits per heavy atom. The Hall–Kier alpha value is -2.57. The lowest BCUT2D eigenvalue weighted by Crippen LogP contribution is -2.42. The Morgan fingerprint density at radius 3 is 2.68 bits per heavy atom. The molecule has 1 fully saturated rings. The number of ether oxygens (including phenoxy) is 1. The van der Waals surface area contributed by atoms with E-state index < -0.39 is 0 Å². The molecule has 1 amide bonds. The highest BCUT2D eigenvalue weighted by molar-refractivity contribution is 14.1. The van der Waals surface area contributed by atoms with E-state index in [2.05, 4.69) is 46.5 Å². The normalized spacial score (nSPS) is 14.3. The summed E-state index contributed by atoms with van der Waals surface area (Å²) in [6.45, 7) is 5.90. The van der Waals surface area contributed by atoms with Crippen LogP contribution in [0.4, 0.5) is 17.2 Å². The summed E-state index contributed by atoms with van der Waals surface area (Å²) >= 11 is 8.79. The third kappa shape index (κ3) is 5.39. The molecule has 0 aliphatic carbocycles. The second-order valence-corrected chi connectivity index (χ2v) is 9.61. The van der Waals surface area contributed by atoms with E-state index >= 15 is 0 Å². The quantitative estimate of drug-likeness (QED) is 0.319. The standard InChI is InChI=1S/C23H26ClIN6O3/c1-3-31-19-5-4-16(10-15(19)11-20(23(31)33)34-14-22(32)26-2)28-18-12-21(27-13-17(18)24)29-6-8-30(25)9-7-29/h4-5,10-13H,3,6-9,14H2,1-2H3,(H,26,32)(H,27,28). The molecule has 0 saturated carbocycles. The maximum absolute atomic E-state index is 12.8. The minimum absolute atomic E-state index is 0.133. The fourth-order valence-electron chi connectivity index (χ4n) is 3.83. The molecule has 34 heavy (non-hydrogen) atoms. The van der Waals surface area contributed by atoms with Crippen molar-refractivity contribution in [3.8, 4) is 5.75 Å². The number of likely N-dealkylation sites (N-methyl/N-ethyl adjacent to an activating group) is 1. The first-order valence-electron chi connectivity index (χ1n) is 11.0. The maximum atomic E-state index is 12.8. The van der Waals surface area contributed by atoms with E-state index in [9.17, 15) is 9.59 Å². The minimum atomic E-state index is -0.305. The van der Waals surface area contributed by atoms with E-state index in [1.54, 1.807) is 16.8 Å². The number of carbonyl (C=O) groups excluding carboxylic acids is 1. The van der Waals surface area contributed by atoms with Gasteiger partial charge in [-0.1, -0.05) is 11.6 Å². The van der Waals surface area contributed by atoms with Crippen molar-refractivity contribution in [3.05, 3.63) is 51.9 Å². The van der Waals surface area contributed by atoms with Crippen LogP contribution in [0.3, 0.4) is 0 Å². The number of nitrogens with zero attached hydrogens (tertiary/aromatic N) is 4. The zero-order valence-electron chi connectivity index (χ0n) is 19.0. The summed E-state index contributed by atoms with van der Waals surface area (Å²) in [7, 11) is 1.52. The summed E-state index contributed by atoms with van der Waals surface area (Å²) in [6, 6.07) is 9.35. The van der Waals surface area contributed by atoms with E-state index in [1.165, 1.54) is 7.05 Å². The molecular weight excluding hydrogens is 571 g/mol. The molecule has 0 unspecified atom stereocenters. The number of aromatic nitrogens is 2. The molecule has 0 atom stereocenters. The van der Waals surface area contributed by atoms with Crippen molar-refractivity contribution in [3.63, 3.8) is 0 Å². The monoisotopic (exact) mass is 596 g/mol. The lowest BCUT2D eigenvalue weighted by Gasteiger charge is -2.32. The van der Waals surface area contributed by atoms with Crippen molar-refractivity contribution >= 4 is 68.5 Å². The van der Waals surface area contributed by atoms with Gasteiger partial charge in [0.2, 0.25) is 0 Å². The number of hydrogen-bond donors (Lipinski definition) is 2. The van der Waals surface area contributed by atoms with Gasteiger partial charge in [-0.15, -0.1) is 0 Å². The molecule has 2 N–H and O–H groups in total. The second kappa shape index (κ2) is 10.8. The maximum Gasteiger partial charge on any atom is 0.293 e. The molecule has 0 spiro atoms. The van der Waals surface area contributed by atoms with Crippen molar-refractivity contribution in [2.24, 2.45) is 0 Å². The Morgan fingerprint density at radius 1 is 1.21 bits per heavy atom. The van der Waals surface area contributed by atoms with E-state index in [4.69, 9.17) is 16.3 Å². The van der Waals surface area contributed by atoms with Gasteiger partial charge in [0, 0.05) is 79.8 Å². The molecule has 0 radical (unpaired) electrons. The predicted molar refractivity (Wildman–Crippen MR) is 144 cm³/mol. The lowest BCUT2D eigenvalue weighted by atomic mass is 10.1. The number of carbonyl (C=O) groups is 1. The van der Waals surface area contributed by atoms with Crippen LogP contribution < -0.4 is 25.8 Å². The molecule has 1 aliphatic rings. The molecule has 3 heterocycles. The highest BCUT2D eigenvalue weighted by atomic mass is 127. The number of pyridine rings is 2. The summed E-state index contributed by atoms with van der Waals surface area (Å²) < 4.78 is 9.40. The number of hydrogen-bond acceptors (Lipinski definition) is 7. The van der Waals surface area contributed by atoms with Gasteiger partial charge < -0.3 is 24.8 Å². The van der Waals surface area contributed by atoms with Crippen LogP contribution >= 0.6 is 34.5 Å². The molecule has 2 aromatic heterocycles. The Kier molecular flexibility index (Phi) is 7.79. The van der Waals surface area contributed by atoms with Crippen molar-refractivity contribution in [1.29, 1.82) is 0 Å². The molecule has 3 aromatic rings. The van der Waals surface area contributed by atoms with Gasteiger partial charge in [0.15, 0.2) is 12.4 Å². The van der Waals surface area contributed by atoms with Gasteiger partial charge in [-0.3, -0.25) is 9.59 Å². The molecule has 4 rings (SSSR count). The zero-order chi connectivity index (χ0) is 24.2. The predicted octanol–water partition coefficient (Wildman–Crippen LogP) is 3.41. The number of piperazine rings is 1. The number of rotatable bonds is 7. The largest absolute Gasteiger partial charge is 0.478 e. The Balaban J connectivity index is 1.63. The van der Waals surface area contributed by atoms with Gasteiger partial charge in [-0.2, -0.15) is 0 Å². The van der Waals surface area contributed by atoms with E-state index in [1.807, 2.05) is 31.2 Å². The smallest absolute Gasteiger partial charge is 0.293 e. The number of anilines is 3. The van der Waals surface area contributed by atoms with E-state index in [0.29, 0.717) is 11.6 Å². The molecular formula is C23H26ClIN6O3. The molecule has 180 valence electrons. The third-order valence-corrected chi connectivity index (χ3v) is 6.95. The lowest BCUT2D eigenvalue weighted by molar-refractivity contribution is -0.122. The van der Waals surface area contributed by atoms with Gasteiger partial charge in [0.1, 0.15) is 5.82 Å². The first-order chi connectivity index (χ1) is 16.4. The summed E-state index contributed by atoms with van der Waals surface area (Å²) in [6.07, 6.45) is 1.66. The van der Waals surface area contributed by atoms with Crippen molar-refractivity contribution in [2.45, 2.75) is 13.5 Å². The van der Waals surface area contributed by atoms with Crippen molar-refractivity contribution in [2.75, 3.05) is 50.1 Å². The highest BCUT2D eigenvalue weighted by Crippen LogP contribution is 2.30. The fraction of sp³-hybridized carbons (Fsp3) is 0.348. The van der Waals surface area contributed by atoms with Gasteiger partial charge in [0.25, 0.3) is 11.5 Å². The number of benzene rings is 1. The first kappa shape index (κ1) is 24.6. The number of amides is 1. The van der Waals surface area contributed by atoms with Gasteiger partial charge >= 0.3 is 0 Å². The molecule has 1 aromatic carbocycles. The van der Waals surface area contributed by atoms with E-state index in [-0.39, 0.29) is 23.8 Å². The van der Waals surface area contributed by atoms with Gasteiger partial charge in [-0.25, -0.2) is 8.10 Å². The number of aryl methyl sites for hydroxylation is 1. The molecule has 0 bridgehead atoms. The minimum Gasteiger partial charge on any atom is -0.478 e. The van der Waals surface area contributed by atoms with Crippen molar-refractivity contribution in [1.82, 2.24) is 18.0 Å². The Bertz CT molecular complexity index is 1260. The average molecular weight is 597 g/mol. The number of fused-ring (bicyclic) bond motifs is 1. The van der Waals surface area contributed by atoms with Crippen LogP contribution in [0.2, 0.25) is 5.02 Å². The SMILES string of the molecule is CCn1c(=O)c(OCC(=O)NC)cc2cc(Nc3cc(N4CCN(I)CC4)ncc3Cl)ccc21. The van der Waals surface area contributed by atoms with Crippen molar-refractivity contribution < 1.29 is 9.53 Å². The van der Waals surface area contributed by atoms with Crippen LogP contribution in [0.25, 0.3) is 10.9 Å². The first-order valence-corrected chi connectivity index (χ1v) is 12.3. The average Bonchev–Trinajstić information content (AvgIpc) is 2.84. The highest BCUT2D eigenvalue weighted by Gasteiger charge is 2.18. The molecule has 1 aliphatic heterocycles. The van der Waals surface area contributed by atoms with Crippen LogP contribution in [0.15, 0.2) is 41.3 Å². The molecule has 11 heteroatoms. The summed E-state index contributed by atoms with van der Waals surface area (Å²) in [4.78, 5) is 31.1. The number of halogens is 2. The van der Waals surface area contributed by atoms with Crippen LogP contribution in [-0.2, 0) is 11.3 Å². The second-order valence-electron chi connectivity index (χ2n) is 7.84. The Labute approximate surface area is 216 Å². The summed E-state index contributed by atoms with van der Waals surface area (Å²) in [5, 5.41) is 7.19. The van der Waals surface area contributed by atoms with E-state index in [0.717, 1.165) is 54.3 Å². The van der Waals surface area contributed by atoms with Crippen LogP contribution in [-0.4, -0.2) is 58.4 Å². The van der Waals surface area contributed by atoms with Gasteiger partial charge in [0.05, 0.1) is 22.4 Å². The summed E-state index contributed by atoms with van der Waals surface area (Å²) in [5.74, 6) is 0.705. The summed E-state index contributed by atoms with van der Waals surface area (Å²) in [5.41, 5.74) is 2.07. The fourth-order valence-corrected chi connectivity index (χ4v) is 4.42. The third-order valence-electron chi connectivity index (χ3n) is 5.68. The number of nitrogens with one attached hydrogen (secondary N) is 2. The zero-order valence-corrected chi connectivity index (χ0v) is 21.9. The molecule has 1 saturated heterocycles.